The third-order valence-corrected chi connectivity index (χ3v) is 2.27. The molecule has 4 nitrogen and oxygen atoms in total. The number of rotatable bonds is 4. The van der Waals surface area contributed by atoms with Gasteiger partial charge in [0.05, 0.1) is 18.7 Å². The van der Waals surface area contributed by atoms with Crippen molar-refractivity contribution in [3.8, 4) is 5.75 Å². The van der Waals surface area contributed by atoms with E-state index >= 15 is 0 Å². The van der Waals surface area contributed by atoms with Crippen molar-refractivity contribution in [1.82, 2.24) is 0 Å². The number of halogens is 1. The van der Waals surface area contributed by atoms with Crippen LogP contribution in [-0.4, -0.2) is 26.0 Å². The molecule has 0 unspecified atom stereocenters. The number of carbonyl (C=O) groups excluding carboxylic acids is 2. The van der Waals surface area contributed by atoms with Crippen molar-refractivity contribution >= 4 is 23.9 Å². The fraction of sp³-hybridized carbons (Fsp3) is 0.273. The topological polar surface area (TPSA) is 52.6 Å². The molecule has 0 saturated carbocycles. The van der Waals surface area contributed by atoms with Gasteiger partial charge in [0.15, 0.2) is 6.29 Å². The third kappa shape index (κ3) is 2.52. The summed E-state index contributed by atoms with van der Waals surface area (Å²) < 4.78 is 9.82. The van der Waals surface area contributed by atoms with E-state index in [9.17, 15) is 9.59 Å². The molecule has 0 radical (unpaired) electrons. The Morgan fingerprint density at radius 1 is 1.50 bits per heavy atom. The molecular formula is C11H11ClO4. The van der Waals surface area contributed by atoms with E-state index < -0.39 is 5.97 Å². The zero-order valence-corrected chi connectivity index (χ0v) is 9.71. The summed E-state index contributed by atoms with van der Waals surface area (Å²) in [5.41, 5.74) is 0.418. The van der Waals surface area contributed by atoms with Crippen LogP contribution in [0.4, 0.5) is 0 Å². The number of hydrogen-bond acceptors (Lipinski definition) is 4. The Kier molecular flexibility index (Phi) is 4.31. The Morgan fingerprint density at radius 3 is 2.69 bits per heavy atom. The first-order valence-electron chi connectivity index (χ1n) is 4.63. The predicted molar refractivity (Wildman–Crippen MR) is 59.3 cm³/mol. The molecule has 0 bridgehead atoms. The van der Waals surface area contributed by atoms with Gasteiger partial charge in [0.2, 0.25) is 0 Å². The van der Waals surface area contributed by atoms with Gasteiger partial charge >= 0.3 is 5.97 Å². The molecule has 5 heteroatoms. The fourth-order valence-electron chi connectivity index (χ4n) is 1.20. The number of benzene rings is 1. The maximum absolute atomic E-state index is 11.5. The van der Waals surface area contributed by atoms with Crippen LogP contribution >= 0.6 is 11.6 Å². The van der Waals surface area contributed by atoms with Gasteiger partial charge in [-0.25, -0.2) is 4.79 Å². The lowest BCUT2D eigenvalue weighted by Gasteiger charge is -2.09. The molecule has 1 rings (SSSR count). The van der Waals surface area contributed by atoms with E-state index in [2.05, 4.69) is 0 Å². The molecule has 0 atom stereocenters. The van der Waals surface area contributed by atoms with Gasteiger partial charge in [-0.3, -0.25) is 4.79 Å². The smallest absolute Gasteiger partial charge is 0.341 e. The zero-order chi connectivity index (χ0) is 12.1. The SMILES string of the molecule is CCOC(=O)c1cc(C=O)c(Cl)cc1OC. The summed E-state index contributed by atoms with van der Waals surface area (Å²) in [6.07, 6.45) is 0.574. The van der Waals surface area contributed by atoms with Gasteiger partial charge in [-0.05, 0) is 13.0 Å². The lowest BCUT2D eigenvalue weighted by molar-refractivity contribution is 0.0522. The highest BCUT2D eigenvalue weighted by molar-refractivity contribution is 6.33. The lowest BCUT2D eigenvalue weighted by Crippen LogP contribution is -2.07. The van der Waals surface area contributed by atoms with Crippen LogP contribution in [0.25, 0.3) is 0 Å². The Hall–Kier alpha value is -1.55. The largest absolute Gasteiger partial charge is 0.496 e. The van der Waals surface area contributed by atoms with Crippen LogP contribution < -0.4 is 4.74 Å². The van der Waals surface area contributed by atoms with Crippen LogP contribution in [0.2, 0.25) is 5.02 Å². The fourth-order valence-corrected chi connectivity index (χ4v) is 1.40. The van der Waals surface area contributed by atoms with Crippen molar-refractivity contribution in [2.45, 2.75) is 6.92 Å². The van der Waals surface area contributed by atoms with Gasteiger partial charge < -0.3 is 9.47 Å². The van der Waals surface area contributed by atoms with Crippen LogP contribution in [0.1, 0.15) is 27.6 Å². The first kappa shape index (κ1) is 12.5. The van der Waals surface area contributed by atoms with Gasteiger partial charge in [-0.1, -0.05) is 11.6 Å². The summed E-state index contributed by atoms with van der Waals surface area (Å²) in [6.45, 7) is 1.95. The van der Waals surface area contributed by atoms with Crippen LogP contribution in [0.5, 0.6) is 5.75 Å². The monoisotopic (exact) mass is 242 g/mol. The molecule has 0 aliphatic rings. The van der Waals surface area contributed by atoms with Crippen LogP contribution in [0, 0.1) is 0 Å². The van der Waals surface area contributed by atoms with Crippen molar-refractivity contribution in [2.75, 3.05) is 13.7 Å². The molecule has 0 N–H and O–H groups in total. The summed E-state index contributed by atoms with van der Waals surface area (Å²) in [6, 6.07) is 2.77. The molecule has 0 aliphatic carbocycles. The molecule has 0 spiro atoms. The Labute approximate surface area is 98.1 Å². The summed E-state index contributed by atoms with van der Waals surface area (Å²) in [7, 11) is 1.41. The number of ether oxygens (including phenoxy) is 2. The molecule has 0 saturated heterocycles. The number of esters is 1. The van der Waals surface area contributed by atoms with Crippen molar-refractivity contribution in [3.05, 3.63) is 28.3 Å². The normalized spacial score (nSPS) is 9.69. The number of methoxy groups -OCH3 is 1. The number of aldehydes is 1. The molecule has 0 heterocycles. The number of hydrogen-bond donors (Lipinski definition) is 0. The van der Waals surface area contributed by atoms with E-state index in [-0.39, 0.29) is 28.5 Å². The first-order chi connectivity index (χ1) is 7.63. The Balaban J connectivity index is 3.24. The molecule has 0 amide bonds. The average molecular weight is 243 g/mol. The molecule has 0 fully saturated rings. The van der Waals surface area contributed by atoms with E-state index in [1.54, 1.807) is 6.92 Å². The maximum Gasteiger partial charge on any atom is 0.341 e. The molecule has 0 aromatic heterocycles. The van der Waals surface area contributed by atoms with E-state index in [0.29, 0.717) is 6.29 Å². The Morgan fingerprint density at radius 2 is 2.19 bits per heavy atom. The Bertz CT molecular complexity index is 415. The minimum absolute atomic E-state index is 0.191. The summed E-state index contributed by atoms with van der Waals surface area (Å²) in [4.78, 5) is 22.2. The second-order valence-electron chi connectivity index (χ2n) is 2.91. The maximum atomic E-state index is 11.5. The van der Waals surface area contributed by atoms with Crippen molar-refractivity contribution in [1.29, 1.82) is 0 Å². The van der Waals surface area contributed by atoms with E-state index in [4.69, 9.17) is 21.1 Å². The van der Waals surface area contributed by atoms with Gasteiger partial charge in [0.25, 0.3) is 0 Å². The molecule has 1 aromatic carbocycles. The van der Waals surface area contributed by atoms with Crippen molar-refractivity contribution in [2.24, 2.45) is 0 Å². The molecule has 16 heavy (non-hydrogen) atoms. The molecule has 0 aliphatic heterocycles. The average Bonchev–Trinajstić information content (AvgIpc) is 2.28. The van der Waals surface area contributed by atoms with E-state index in [0.717, 1.165) is 0 Å². The molecule has 1 aromatic rings. The van der Waals surface area contributed by atoms with Crippen LogP contribution in [0.3, 0.4) is 0 Å². The van der Waals surface area contributed by atoms with Crippen LogP contribution in [0.15, 0.2) is 12.1 Å². The standard InChI is InChI=1S/C11H11ClO4/c1-3-16-11(14)8-4-7(6-13)9(12)5-10(8)15-2/h4-6H,3H2,1-2H3. The summed E-state index contributed by atoms with van der Waals surface area (Å²) in [5.74, 6) is -0.256. The van der Waals surface area contributed by atoms with Gasteiger partial charge in [0, 0.05) is 11.6 Å². The lowest BCUT2D eigenvalue weighted by atomic mass is 10.1. The third-order valence-electron chi connectivity index (χ3n) is 1.94. The van der Waals surface area contributed by atoms with E-state index in [1.807, 2.05) is 0 Å². The quantitative estimate of drug-likeness (QED) is 0.601. The molecular weight excluding hydrogens is 232 g/mol. The zero-order valence-electron chi connectivity index (χ0n) is 8.95. The highest BCUT2D eigenvalue weighted by Crippen LogP contribution is 2.26. The highest BCUT2D eigenvalue weighted by Gasteiger charge is 2.16. The molecule has 86 valence electrons. The minimum atomic E-state index is -0.542. The summed E-state index contributed by atoms with van der Waals surface area (Å²) >= 11 is 5.80. The van der Waals surface area contributed by atoms with Crippen molar-refractivity contribution in [3.63, 3.8) is 0 Å². The van der Waals surface area contributed by atoms with Gasteiger partial charge in [0.1, 0.15) is 11.3 Å². The highest BCUT2D eigenvalue weighted by atomic mass is 35.5. The second kappa shape index (κ2) is 5.51. The summed E-state index contributed by atoms with van der Waals surface area (Å²) in [5, 5.41) is 0.236. The van der Waals surface area contributed by atoms with Crippen molar-refractivity contribution < 1.29 is 19.1 Å². The first-order valence-corrected chi connectivity index (χ1v) is 5.01. The second-order valence-corrected chi connectivity index (χ2v) is 3.32. The minimum Gasteiger partial charge on any atom is -0.496 e. The van der Waals surface area contributed by atoms with E-state index in [1.165, 1.54) is 19.2 Å². The van der Waals surface area contributed by atoms with Gasteiger partial charge in [-0.2, -0.15) is 0 Å². The predicted octanol–water partition coefficient (Wildman–Crippen LogP) is 2.34. The number of carbonyl (C=O) groups is 2. The van der Waals surface area contributed by atoms with Crippen LogP contribution in [-0.2, 0) is 4.74 Å². The van der Waals surface area contributed by atoms with Gasteiger partial charge in [-0.15, -0.1) is 0 Å².